The molecule has 1 aliphatic heterocycles. The highest BCUT2D eigenvalue weighted by atomic mass is 35.5. The molecule has 0 spiro atoms. The summed E-state index contributed by atoms with van der Waals surface area (Å²) >= 11 is 6.07. The highest BCUT2D eigenvalue weighted by molar-refractivity contribution is 6.17. The van der Waals surface area contributed by atoms with Crippen molar-refractivity contribution in [2.75, 3.05) is 18.0 Å². The van der Waals surface area contributed by atoms with Crippen LogP contribution >= 0.6 is 11.6 Å². The molecular weight excluding hydrogens is 230 g/mol. The van der Waals surface area contributed by atoms with E-state index in [2.05, 4.69) is 36.9 Å². The monoisotopic (exact) mass is 251 g/mol. The van der Waals surface area contributed by atoms with Gasteiger partial charge >= 0.3 is 0 Å². The molecule has 1 unspecified atom stereocenters. The van der Waals surface area contributed by atoms with Crippen LogP contribution in [-0.2, 0) is 5.88 Å². The minimum absolute atomic E-state index is 0.614. The normalized spacial score (nSPS) is 21.4. The van der Waals surface area contributed by atoms with Crippen molar-refractivity contribution in [3.05, 3.63) is 29.3 Å². The first kappa shape index (κ1) is 12.8. The first-order chi connectivity index (χ1) is 8.20. The van der Waals surface area contributed by atoms with Gasteiger partial charge in [-0.05, 0) is 43.7 Å². The maximum Gasteiger partial charge on any atom is 0.0494 e. The Kier molecular flexibility index (Phi) is 4.33. The molecule has 1 nitrogen and oxygen atoms in total. The van der Waals surface area contributed by atoms with Crippen LogP contribution in [0.15, 0.2) is 18.2 Å². The standard InChI is InChI=1S/C15H22ClN/c1-12-4-3-8-17(9-7-12)15-6-5-13(2)10-14(15)11-16/h5-6,10,12H,3-4,7-9,11H2,1-2H3. The molecule has 1 aromatic carbocycles. The van der Waals surface area contributed by atoms with Gasteiger partial charge in [0.1, 0.15) is 0 Å². The molecule has 0 aliphatic carbocycles. The maximum atomic E-state index is 6.07. The van der Waals surface area contributed by atoms with Gasteiger partial charge in [0.05, 0.1) is 0 Å². The van der Waals surface area contributed by atoms with Crippen LogP contribution in [0.1, 0.15) is 37.3 Å². The van der Waals surface area contributed by atoms with E-state index < -0.39 is 0 Å². The highest BCUT2D eigenvalue weighted by Crippen LogP contribution is 2.27. The molecule has 1 heterocycles. The van der Waals surface area contributed by atoms with Gasteiger partial charge in [0.25, 0.3) is 0 Å². The van der Waals surface area contributed by atoms with Gasteiger partial charge in [-0.2, -0.15) is 0 Å². The van der Waals surface area contributed by atoms with Gasteiger partial charge in [0.2, 0.25) is 0 Å². The summed E-state index contributed by atoms with van der Waals surface area (Å²) < 4.78 is 0. The van der Waals surface area contributed by atoms with Crippen molar-refractivity contribution < 1.29 is 0 Å². The van der Waals surface area contributed by atoms with Gasteiger partial charge in [-0.15, -0.1) is 11.6 Å². The zero-order valence-electron chi connectivity index (χ0n) is 10.9. The molecule has 94 valence electrons. The Morgan fingerprint density at radius 2 is 2.12 bits per heavy atom. The zero-order chi connectivity index (χ0) is 12.3. The Morgan fingerprint density at radius 3 is 2.88 bits per heavy atom. The summed E-state index contributed by atoms with van der Waals surface area (Å²) in [7, 11) is 0. The summed E-state index contributed by atoms with van der Waals surface area (Å²) in [4.78, 5) is 2.51. The number of hydrogen-bond acceptors (Lipinski definition) is 1. The minimum atomic E-state index is 0.614. The second-order valence-corrected chi connectivity index (χ2v) is 5.56. The van der Waals surface area contributed by atoms with E-state index in [1.807, 2.05) is 0 Å². The predicted octanol–water partition coefficient (Wildman–Crippen LogP) is 4.36. The average molecular weight is 252 g/mol. The van der Waals surface area contributed by atoms with Gasteiger partial charge in [0, 0.05) is 24.7 Å². The first-order valence-electron chi connectivity index (χ1n) is 6.61. The summed E-state index contributed by atoms with van der Waals surface area (Å²) in [6, 6.07) is 6.65. The number of alkyl halides is 1. The summed E-state index contributed by atoms with van der Waals surface area (Å²) in [6.07, 6.45) is 3.96. The molecule has 1 saturated heterocycles. The number of halogens is 1. The molecule has 1 aromatic rings. The third-order valence-electron chi connectivity index (χ3n) is 3.74. The van der Waals surface area contributed by atoms with Crippen LogP contribution in [-0.4, -0.2) is 13.1 Å². The van der Waals surface area contributed by atoms with Crippen molar-refractivity contribution in [1.82, 2.24) is 0 Å². The van der Waals surface area contributed by atoms with E-state index in [-0.39, 0.29) is 0 Å². The molecule has 1 fully saturated rings. The second-order valence-electron chi connectivity index (χ2n) is 5.29. The SMILES string of the molecule is Cc1ccc(N2CCCC(C)CC2)c(CCl)c1. The Bertz CT molecular complexity index is 375. The lowest BCUT2D eigenvalue weighted by molar-refractivity contribution is 0.521. The predicted molar refractivity (Wildman–Crippen MR) is 76.0 cm³/mol. The van der Waals surface area contributed by atoms with Crippen LogP contribution in [0.25, 0.3) is 0 Å². The molecule has 1 atom stereocenters. The third-order valence-corrected chi connectivity index (χ3v) is 4.02. The quantitative estimate of drug-likeness (QED) is 0.706. The average Bonchev–Trinajstić information content (AvgIpc) is 2.54. The van der Waals surface area contributed by atoms with Crippen molar-refractivity contribution >= 4 is 17.3 Å². The fourth-order valence-electron chi connectivity index (χ4n) is 2.63. The van der Waals surface area contributed by atoms with E-state index in [0.717, 1.165) is 5.92 Å². The van der Waals surface area contributed by atoms with E-state index >= 15 is 0 Å². The van der Waals surface area contributed by atoms with Crippen LogP contribution in [0, 0.1) is 12.8 Å². The van der Waals surface area contributed by atoms with Crippen molar-refractivity contribution in [3.63, 3.8) is 0 Å². The smallest absolute Gasteiger partial charge is 0.0494 e. The summed E-state index contributed by atoms with van der Waals surface area (Å²) in [5.74, 6) is 1.48. The topological polar surface area (TPSA) is 3.24 Å². The van der Waals surface area contributed by atoms with E-state index in [1.165, 1.54) is 49.2 Å². The van der Waals surface area contributed by atoms with Gasteiger partial charge in [0.15, 0.2) is 0 Å². The second kappa shape index (κ2) is 5.77. The fourth-order valence-corrected chi connectivity index (χ4v) is 2.85. The van der Waals surface area contributed by atoms with Crippen LogP contribution in [0.5, 0.6) is 0 Å². The molecule has 17 heavy (non-hydrogen) atoms. The Labute approximate surface area is 110 Å². The van der Waals surface area contributed by atoms with Crippen molar-refractivity contribution in [2.45, 2.75) is 39.0 Å². The molecule has 0 N–H and O–H groups in total. The molecule has 0 amide bonds. The van der Waals surface area contributed by atoms with Crippen molar-refractivity contribution in [2.24, 2.45) is 5.92 Å². The molecule has 0 radical (unpaired) electrons. The Morgan fingerprint density at radius 1 is 1.29 bits per heavy atom. The lowest BCUT2D eigenvalue weighted by atomic mass is 10.0. The van der Waals surface area contributed by atoms with E-state index in [1.54, 1.807) is 0 Å². The number of rotatable bonds is 2. The Hall–Kier alpha value is -0.690. The number of aryl methyl sites for hydroxylation is 1. The molecule has 0 saturated carbocycles. The molecule has 2 heteroatoms. The molecular formula is C15H22ClN. The number of anilines is 1. The molecule has 1 aliphatic rings. The lowest BCUT2D eigenvalue weighted by Gasteiger charge is -2.25. The van der Waals surface area contributed by atoms with E-state index in [4.69, 9.17) is 11.6 Å². The highest BCUT2D eigenvalue weighted by Gasteiger charge is 2.16. The maximum absolute atomic E-state index is 6.07. The summed E-state index contributed by atoms with van der Waals surface area (Å²) in [5.41, 5.74) is 3.92. The Balaban J connectivity index is 2.20. The number of benzene rings is 1. The lowest BCUT2D eigenvalue weighted by Crippen LogP contribution is -2.25. The third kappa shape index (κ3) is 3.16. The van der Waals surface area contributed by atoms with Gasteiger partial charge < -0.3 is 4.90 Å². The van der Waals surface area contributed by atoms with Crippen LogP contribution < -0.4 is 4.90 Å². The first-order valence-corrected chi connectivity index (χ1v) is 7.14. The van der Waals surface area contributed by atoms with Crippen LogP contribution in [0.3, 0.4) is 0 Å². The van der Waals surface area contributed by atoms with Gasteiger partial charge in [-0.1, -0.05) is 24.6 Å². The fraction of sp³-hybridized carbons (Fsp3) is 0.600. The molecule has 0 bridgehead atoms. The summed E-state index contributed by atoms with van der Waals surface area (Å²) in [6.45, 7) is 6.84. The minimum Gasteiger partial charge on any atom is -0.371 e. The number of hydrogen-bond donors (Lipinski definition) is 0. The van der Waals surface area contributed by atoms with Crippen molar-refractivity contribution in [3.8, 4) is 0 Å². The van der Waals surface area contributed by atoms with Crippen LogP contribution in [0.2, 0.25) is 0 Å². The zero-order valence-corrected chi connectivity index (χ0v) is 11.6. The van der Waals surface area contributed by atoms with Crippen molar-refractivity contribution in [1.29, 1.82) is 0 Å². The molecule has 2 rings (SSSR count). The molecule has 0 aromatic heterocycles. The van der Waals surface area contributed by atoms with Crippen LogP contribution in [0.4, 0.5) is 5.69 Å². The summed E-state index contributed by atoms with van der Waals surface area (Å²) in [5, 5.41) is 0. The van der Waals surface area contributed by atoms with E-state index in [9.17, 15) is 0 Å². The number of nitrogens with zero attached hydrogens (tertiary/aromatic N) is 1. The van der Waals surface area contributed by atoms with Gasteiger partial charge in [-0.3, -0.25) is 0 Å². The largest absolute Gasteiger partial charge is 0.371 e. The van der Waals surface area contributed by atoms with Gasteiger partial charge in [-0.25, -0.2) is 0 Å². The van der Waals surface area contributed by atoms with E-state index in [0.29, 0.717) is 5.88 Å².